The van der Waals surface area contributed by atoms with E-state index in [9.17, 15) is 23.1 Å². The number of nitrogens with zero attached hydrogens (tertiary/aromatic N) is 1. The van der Waals surface area contributed by atoms with Crippen LogP contribution in [-0.2, 0) is 19.4 Å². The Bertz CT molecular complexity index is 495. The molecule has 1 atom stereocenters. The number of carboxylic acid groups (broad SMARTS) is 1. The number of hydrogen-bond acceptors (Lipinski definition) is 4. The van der Waals surface area contributed by atoms with E-state index in [0.717, 1.165) is 6.42 Å². The second kappa shape index (κ2) is 6.77. The third-order valence-electron chi connectivity index (χ3n) is 4.38. The van der Waals surface area contributed by atoms with Gasteiger partial charge in [-0.05, 0) is 26.7 Å². The van der Waals surface area contributed by atoms with E-state index < -0.39 is 27.3 Å². The summed E-state index contributed by atoms with van der Waals surface area (Å²) < 4.78 is 23.4. The number of carbonyl (C=O) groups excluding carboxylic acids is 1. The van der Waals surface area contributed by atoms with Crippen LogP contribution in [0.5, 0.6) is 0 Å². The molecule has 1 aliphatic carbocycles. The number of rotatable bonds is 8. The molecule has 0 heterocycles. The summed E-state index contributed by atoms with van der Waals surface area (Å²) in [4.78, 5) is 25.2. The Morgan fingerprint density at radius 3 is 2.19 bits per heavy atom. The molecule has 0 saturated heterocycles. The zero-order valence-corrected chi connectivity index (χ0v) is 13.8. The third-order valence-corrected chi connectivity index (χ3v) is 6.25. The van der Waals surface area contributed by atoms with E-state index in [4.69, 9.17) is 0 Å². The van der Waals surface area contributed by atoms with Crippen molar-refractivity contribution in [1.29, 1.82) is 0 Å². The molecule has 1 fully saturated rings. The molecule has 1 N–H and O–H groups in total. The lowest BCUT2D eigenvalue weighted by Crippen LogP contribution is -2.47. The Balaban J connectivity index is 2.75. The Morgan fingerprint density at radius 1 is 1.29 bits per heavy atom. The van der Waals surface area contributed by atoms with Gasteiger partial charge < -0.3 is 10.0 Å². The summed E-state index contributed by atoms with van der Waals surface area (Å²) in [5.41, 5.74) is -0.937. The van der Waals surface area contributed by atoms with Crippen molar-refractivity contribution in [1.82, 2.24) is 4.90 Å². The molecular formula is C14H25NO5S. The van der Waals surface area contributed by atoms with E-state index in [0.29, 0.717) is 19.4 Å². The van der Waals surface area contributed by atoms with Crippen molar-refractivity contribution < 1.29 is 23.1 Å². The van der Waals surface area contributed by atoms with Gasteiger partial charge in [0.25, 0.3) is 0 Å². The third kappa shape index (κ3) is 4.18. The van der Waals surface area contributed by atoms with Crippen molar-refractivity contribution in [2.45, 2.75) is 52.5 Å². The smallest absolute Gasteiger partial charge is 0.310 e. The van der Waals surface area contributed by atoms with Gasteiger partial charge in [0.05, 0.1) is 11.2 Å². The number of amides is 1. The molecular weight excluding hydrogens is 294 g/mol. The van der Waals surface area contributed by atoms with Crippen LogP contribution < -0.4 is 0 Å². The highest BCUT2D eigenvalue weighted by Crippen LogP contribution is 2.44. The maximum absolute atomic E-state index is 12.4. The fraction of sp³-hybridized carbons (Fsp3) is 0.857. The minimum Gasteiger partial charge on any atom is -0.481 e. The van der Waals surface area contributed by atoms with Crippen LogP contribution in [0.4, 0.5) is 0 Å². The summed E-state index contributed by atoms with van der Waals surface area (Å²) in [5.74, 6) is -1.23. The fourth-order valence-corrected chi connectivity index (χ4v) is 3.92. The van der Waals surface area contributed by atoms with E-state index in [1.54, 1.807) is 20.8 Å². The lowest BCUT2D eigenvalue weighted by Gasteiger charge is -2.39. The molecule has 0 aromatic heterocycles. The zero-order valence-electron chi connectivity index (χ0n) is 13.0. The maximum atomic E-state index is 12.4. The molecule has 0 radical (unpaired) electrons. The van der Waals surface area contributed by atoms with Crippen molar-refractivity contribution in [2.75, 3.05) is 18.1 Å². The summed E-state index contributed by atoms with van der Waals surface area (Å²) in [7, 11) is -3.17. The van der Waals surface area contributed by atoms with Gasteiger partial charge in [-0.15, -0.1) is 0 Å². The first-order valence-corrected chi connectivity index (χ1v) is 9.23. The first-order valence-electron chi connectivity index (χ1n) is 7.40. The van der Waals surface area contributed by atoms with E-state index >= 15 is 0 Å². The van der Waals surface area contributed by atoms with Gasteiger partial charge in [0.2, 0.25) is 5.91 Å². The first-order chi connectivity index (χ1) is 9.67. The largest absolute Gasteiger partial charge is 0.481 e. The molecule has 1 aliphatic rings. The Labute approximate surface area is 126 Å². The Morgan fingerprint density at radius 2 is 1.86 bits per heavy atom. The molecule has 6 nitrogen and oxygen atoms in total. The predicted octanol–water partition coefficient (Wildman–Crippen LogP) is 1.30. The van der Waals surface area contributed by atoms with Crippen LogP contribution in [0.3, 0.4) is 0 Å². The number of sulfone groups is 1. The summed E-state index contributed by atoms with van der Waals surface area (Å²) >= 11 is 0. The van der Waals surface area contributed by atoms with Crippen LogP contribution in [0.1, 0.15) is 46.5 Å². The van der Waals surface area contributed by atoms with E-state index in [2.05, 4.69) is 0 Å². The molecule has 21 heavy (non-hydrogen) atoms. The molecule has 1 unspecified atom stereocenters. The van der Waals surface area contributed by atoms with Gasteiger partial charge in [-0.3, -0.25) is 9.59 Å². The average molecular weight is 319 g/mol. The standard InChI is InChI=1S/C14H25NO5S/c1-4-15(11(3)10-21(19,20)5-2)12(16)9-14(13(17)18)7-6-8-14/h11H,4-10H2,1-3H3,(H,17,18). The normalized spacial score (nSPS) is 18.6. The SMILES string of the molecule is CCN(C(=O)CC1(C(=O)O)CCC1)C(C)CS(=O)(=O)CC. The first kappa shape index (κ1) is 17.9. The fourth-order valence-electron chi connectivity index (χ4n) is 2.77. The highest BCUT2D eigenvalue weighted by Gasteiger charge is 2.46. The minimum absolute atomic E-state index is 0.0350. The van der Waals surface area contributed by atoms with Crippen molar-refractivity contribution in [2.24, 2.45) is 5.41 Å². The highest BCUT2D eigenvalue weighted by molar-refractivity contribution is 7.91. The van der Waals surface area contributed by atoms with Crippen LogP contribution >= 0.6 is 0 Å². The summed E-state index contributed by atoms with van der Waals surface area (Å²) in [6, 6.07) is -0.432. The lowest BCUT2D eigenvalue weighted by molar-refractivity contribution is -0.159. The van der Waals surface area contributed by atoms with E-state index in [1.807, 2.05) is 0 Å². The average Bonchev–Trinajstić information content (AvgIpc) is 2.33. The van der Waals surface area contributed by atoms with E-state index in [1.165, 1.54) is 4.90 Å². The molecule has 0 aliphatic heterocycles. The number of carbonyl (C=O) groups is 2. The Kier molecular flexibility index (Phi) is 5.78. The summed E-state index contributed by atoms with van der Waals surface area (Å²) in [6.07, 6.45) is 1.83. The predicted molar refractivity (Wildman–Crippen MR) is 79.7 cm³/mol. The maximum Gasteiger partial charge on any atom is 0.310 e. The quantitative estimate of drug-likeness (QED) is 0.728. The van der Waals surface area contributed by atoms with Crippen molar-refractivity contribution in [3.8, 4) is 0 Å². The molecule has 1 amide bonds. The van der Waals surface area contributed by atoms with Crippen LogP contribution in [0.2, 0.25) is 0 Å². The number of aliphatic carboxylic acids is 1. The van der Waals surface area contributed by atoms with Gasteiger partial charge in [-0.2, -0.15) is 0 Å². The van der Waals surface area contributed by atoms with Crippen LogP contribution in [0.25, 0.3) is 0 Å². The molecule has 1 rings (SSSR count). The van der Waals surface area contributed by atoms with Gasteiger partial charge in [0.15, 0.2) is 9.84 Å². The molecule has 0 spiro atoms. The zero-order chi connectivity index (χ0) is 16.3. The lowest BCUT2D eigenvalue weighted by atomic mass is 9.66. The van der Waals surface area contributed by atoms with E-state index in [-0.39, 0.29) is 23.8 Å². The van der Waals surface area contributed by atoms with Crippen LogP contribution in [-0.4, -0.2) is 54.4 Å². The summed E-state index contributed by atoms with van der Waals surface area (Å²) in [6.45, 7) is 5.44. The number of carboxylic acids is 1. The molecule has 122 valence electrons. The van der Waals surface area contributed by atoms with Gasteiger partial charge in [-0.1, -0.05) is 13.3 Å². The van der Waals surface area contributed by atoms with Gasteiger partial charge in [0.1, 0.15) is 0 Å². The second-order valence-corrected chi connectivity index (χ2v) is 8.24. The van der Waals surface area contributed by atoms with Crippen molar-refractivity contribution >= 4 is 21.7 Å². The molecule has 1 saturated carbocycles. The van der Waals surface area contributed by atoms with Crippen molar-refractivity contribution in [3.63, 3.8) is 0 Å². The monoisotopic (exact) mass is 319 g/mol. The Hall–Kier alpha value is -1.11. The van der Waals surface area contributed by atoms with Crippen molar-refractivity contribution in [3.05, 3.63) is 0 Å². The van der Waals surface area contributed by atoms with Gasteiger partial charge in [-0.25, -0.2) is 8.42 Å². The van der Waals surface area contributed by atoms with Gasteiger partial charge in [0, 0.05) is 24.8 Å². The highest BCUT2D eigenvalue weighted by atomic mass is 32.2. The topological polar surface area (TPSA) is 91.8 Å². The molecule has 0 aromatic carbocycles. The van der Waals surface area contributed by atoms with Crippen LogP contribution in [0.15, 0.2) is 0 Å². The number of hydrogen-bond donors (Lipinski definition) is 1. The minimum atomic E-state index is -3.17. The second-order valence-electron chi connectivity index (χ2n) is 5.84. The molecule has 0 bridgehead atoms. The molecule has 0 aromatic rings. The summed E-state index contributed by atoms with van der Waals surface area (Å²) in [5, 5.41) is 9.28. The van der Waals surface area contributed by atoms with Crippen LogP contribution in [0, 0.1) is 5.41 Å². The molecule has 7 heteroatoms. The van der Waals surface area contributed by atoms with Gasteiger partial charge >= 0.3 is 5.97 Å².